The Labute approximate surface area is 149 Å². The van der Waals surface area contributed by atoms with Crippen LogP contribution in [0, 0.1) is 31.1 Å². The van der Waals surface area contributed by atoms with Crippen molar-refractivity contribution >= 4 is 5.91 Å². The van der Waals surface area contributed by atoms with E-state index in [9.17, 15) is 10.1 Å². The second-order valence-corrected chi connectivity index (χ2v) is 6.54. The fourth-order valence-corrected chi connectivity index (χ4v) is 2.62. The molecule has 1 unspecified atom stereocenters. The average molecular weight is 336 g/mol. The number of hydrogen-bond acceptors (Lipinski definition) is 3. The van der Waals surface area contributed by atoms with Crippen molar-refractivity contribution < 1.29 is 9.53 Å². The SMILES string of the molecule is Cc1ccc(CNC(=O)C(Oc2ccccc2C#N)C(C)C)c(C)c1. The first-order valence-corrected chi connectivity index (χ1v) is 8.42. The zero-order chi connectivity index (χ0) is 18.4. The van der Waals surface area contributed by atoms with E-state index in [1.165, 1.54) is 5.56 Å². The van der Waals surface area contributed by atoms with Gasteiger partial charge in [0.25, 0.3) is 5.91 Å². The van der Waals surface area contributed by atoms with Crippen LogP contribution in [0.1, 0.15) is 36.1 Å². The first-order valence-electron chi connectivity index (χ1n) is 8.42. The molecule has 1 amide bonds. The number of carbonyl (C=O) groups is 1. The smallest absolute Gasteiger partial charge is 0.261 e. The number of aryl methyl sites for hydroxylation is 2. The molecule has 0 radical (unpaired) electrons. The van der Waals surface area contributed by atoms with E-state index in [1.54, 1.807) is 24.3 Å². The molecule has 2 aromatic rings. The van der Waals surface area contributed by atoms with E-state index in [2.05, 4.69) is 17.5 Å². The van der Waals surface area contributed by atoms with Gasteiger partial charge in [-0.05, 0) is 43.0 Å². The Morgan fingerprint density at radius 3 is 2.56 bits per heavy atom. The standard InChI is InChI=1S/C21H24N2O2/c1-14(2)20(25-19-8-6-5-7-17(19)12-22)21(24)23-13-18-10-9-15(3)11-16(18)4/h5-11,14,20H,13H2,1-4H3,(H,23,24). The molecule has 0 saturated carbocycles. The van der Waals surface area contributed by atoms with E-state index in [1.807, 2.05) is 39.8 Å². The van der Waals surface area contributed by atoms with Crippen LogP contribution >= 0.6 is 0 Å². The number of para-hydroxylation sites is 1. The number of nitrogens with zero attached hydrogens (tertiary/aromatic N) is 1. The van der Waals surface area contributed by atoms with E-state index in [0.717, 1.165) is 11.1 Å². The van der Waals surface area contributed by atoms with E-state index in [-0.39, 0.29) is 11.8 Å². The lowest BCUT2D eigenvalue weighted by molar-refractivity contribution is -0.130. The van der Waals surface area contributed by atoms with Crippen LogP contribution in [0.5, 0.6) is 5.75 Å². The first-order chi connectivity index (χ1) is 11.9. The molecule has 1 atom stereocenters. The lowest BCUT2D eigenvalue weighted by atomic mass is 10.0. The van der Waals surface area contributed by atoms with Gasteiger partial charge in [0.15, 0.2) is 6.10 Å². The highest BCUT2D eigenvalue weighted by Gasteiger charge is 2.25. The molecule has 4 nitrogen and oxygen atoms in total. The fraction of sp³-hybridized carbons (Fsp3) is 0.333. The molecule has 130 valence electrons. The number of amides is 1. The minimum absolute atomic E-state index is 0.0223. The molecule has 0 saturated heterocycles. The second-order valence-electron chi connectivity index (χ2n) is 6.54. The number of nitrogens with one attached hydrogen (secondary N) is 1. The van der Waals surface area contributed by atoms with Crippen LogP contribution in [0.2, 0.25) is 0 Å². The maximum Gasteiger partial charge on any atom is 0.261 e. The number of nitriles is 1. The van der Waals surface area contributed by atoms with E-state index in [4.69, 9.17) is 4.74 Å². The molecule has 0 bridgehead atoms. The number of ether oxygens (including phenoxy) is 1. The maximum absolute atomic E-state index is 12.6. The van der Waals surface area contributed by atoms with Gasteiger partial charge in [0, 0.05) is 6.54 Å². The van der Waals surface area contributed by atoms with Gasteiger partial charge in [-0.2, -0.15) is 5.26 Å². The lowest BCUT2D eigenvalue weighted by Crippen LogP contribution is -2.41. The summed E-state index contributed by atoms with van der Waals surface area (Å²) in [5, 5.41) is 12.1. The third kappa shape index (κ3) is 4.84. The molecule has 2 rings (SSSR count). The van der Waals surface area contributed by atoms with E-state index in [0.29, 0.717) is 17.9 Å². The summed E-state index contributed by atoms with van der Waals surface area (Å²) in [6.45, 7) is 8.39. The Balaban J connectivity index is 2.09. The van der Waals surface area contributed by atoms with Crippen LogP contribution in [-0.2, 0) is 11.3 Å². The Morgan fingerprint density at radius 2 is 1.92 bits per heavy atom. The minimum Gasteiger partial charge on any atom is -0.479 e. The number of carbonyl (C=O) groups excluding carboxylic acids is 1. The van der Waals surface area contributed by atoms with Crippen molar-refractivity contribution in [1.29, 1.82) is 5.26 Å². The first kappa shape index (κ1) is 18.5. The van der Waals surface area contributed by atoms with Gasteiger partial charge in [0.1, 0.15) is 11.8 Å². The molecule has 0 aliphatic rings. The van der Waals surface area contributed by atoms with Crippen molar-refractivity contribution in [1.82, 2.24) is 5.32 Å². The quantitative estimate of drug-likeness (QED) is 0.870. The summed E-state index contributed by atoms with van der Waals surface area (Å²) in [5.41, 5.74) is 3.86. The summed E-state index contributed by atoms with van der Waals surface area (Å²) in [7, 11) is 0. The number of rotatable bonds is 6. The molecule has 0 heterocycles. The van der Waals surface area contributed by atoms with Crippen LogP contribution < -0.4 is 10.1 Å². The monoisotopic (exact) mass is 336 g/mol. The van der Waals surface area contributed by atoms with Gasteiger partial charge in [-0.15, -0.1) is 0 Å². The molecule has 0 spiro atoms. The van der Waals surface area contributed by atoms with Gasteiger partial charge in [-0.25, -0.2) is 0 Å². The molecule has 0 aromatic heterocycles. The van der Waals surface area contributed by atoms with Crippen molar-refractivity contribution in [2.75, 3.05) is 0 Å². The summed E-state index contributed by atoms with van der Waals surface area (Å²) in [5.74, 6) is 0.235. The van der Waals surface area contributed by atoms with Gasteiger partial charge >= 0.3 is 0 Å². The van der Waals surface area contributed by atoms with Crippen molar-refractivity contribution in [2.45, 2.75) is 40.3 Å². The van der Waals surface area contributed by atoms with E-state index >= 15 is 0 Å². The summed E-state index contributed by atoms with van der Waals surface area (Å²) in [4.78, 5) is 12.6. The van der Waals surface area contributed by atoms with Crippen LogP contribution in [-0.4, -0.2) is 12.0 Å². The second kappa shape index (κ2) is 8.34. The zero-order valence-electron chi connectivity index (χ0n) is 15.2. The third-order valence-electron chi connectivity index (χ3n) is 4.08. The van der Waals surface area contributed by atoms with Gasteiger partial charge in [-0.3, -0.25) is 4.79 Å². The van der Waals surface area contributed by atoms with Crippen LogP contribution in [0.15, 0.2) is 42.5 Å². The van der Waals surface area contributed by atoms with Crippen molar-refractivity contribution in [3.8, 4) is 11.8 Å². The molecule has 0 aliphatic heterocycles. The number of hydrogen-bond donors (Lipinski definition) is 1. The third-order valence-corrected chi connectivity index (χ3v) is 4.08. The summed E-state index contributed by atoms with van der Waals surface area (Å²) < 4.78 is 5.86. The maximum atomic E-state index is 12.6. The highest BCUT2D eigenvalue weighted by molar-refractivity contribution is 5.81. The minimum atomic E-state index is -0.653. The Hall–Kier alpha value is -2.80. The van der Waals surface area contributed by atoms with Crippen molar-refractivity contribution in [2.24, 2.45) is 5.92 Å². The normalized spacial score (nSPS) is 11.7. The molecule has 2 aromatic carbocycles. The van der Waals surface area contributed by atoms with Crippen LogP contribution in [0.3, 0.4) is 0 Å². The average Bonchev–Trinajstić information content (AvgIpc) is 2.58. The molecule has 25 heavy (non-hydrogen) atoms. The van der Waals surface area contributed by atoms with Crippen molar-refractivity contribution in [3.63, 3.8) is 0 Å². The summed E-state index contributed by atoms with van der Waals surface area (Å²) >= 11 is 0. The largest absolute Gasteiger partial charge is 0.479 e. The molecular formula is C21H24N2O2. The highest BCUT2D eigenvalue weighted by Crippen LogP contribution is 2.21. The summed E-state index contributed by atoms with van der Waals surface area (Å²) in [6.07, 6.45) is -0.653. The Kier molecular flexibility index (Phi) is 6.19. The molecule has 0 aliphatic carbocycles. The highest BCUT2D eigenvalue weighted by atomic mass is 16.5. The number of benzene rings is 2. The van der Waals surface area contributed by atoms with Gasteiger partial charge in [0.05, 0.1) is 5.56 Å². The molecule has 0 fully saturated rings. The van der Waals surface area contributed by atoms with Crippen molar-refractivity contribution in [3.05, 3.63) is 64.7 Å². The van der Waals surface area contributed by atoms with Crippen LogP contribution in [0.4, 0.5) is 0 Å². The van der Waals surface area contributed by atoms with Gasteiger partial charge in [-0.1, -0.05) is 49.7 Å². The predicted molar refractivity (Wildman–Crippen MR) is 98.2 cm³/mol. The molecular weight excluding hydrogens is 312 g/mol. The molecule has 1 N–H and O–H groups in total. The van der Waals surface area contributed by atoms with Crippen LogP contribution in [0.25, 0.3) is 0 Å². The van der Waals surface area contributed by atoms with E-state index < -0.39 is 6.10 Å². The molecule has 4 heteroatoms. The zero-order valence-corrected chi connectivity index (χ0v) is 15.2. The predicted octanol–water partition coefficient (Wildman–Crippen LogP) is 3.89. The fourth-order valence-electron chi connectivity index (χ4n) is 2.62. The Morgan fingerprint density at radius 1 is 1.20 bits per heavy atom. The van der Waals surface area contributed by atoms with Gasteiger partial charge < -0.3 is 10.1 Å². The van der Waals surface area contributed by atoms with Gasteiger partial charge in [0.2, 0.25) is 0 Å². The summed E-state index contributed by atoms with van der Waals surface area (Å²) in [6, 6.07) is 15.2. The topological polar surface area (TPSA) is 62.1 Å². The Bertz CT molecular complexity index is 791. The lowest BCUT2D eigenvalue weighted by Gasteiger charge is -2.22.